The van der Waals surface area contributed by atoms with Crippen LogP contribution in [0.5, 0.6) is 5.75 Å². The van der Waals surface area contributed by atoms with Gasteiger partial charge in [0, 0.05) is 6.54 Å². The zero-order chi connectivity index (χ0) is 17.4. The van der Waals surface area contributed by atoms with E-state index in [1.807, 2.05) is 37.3 Å². The van der Waals surface area contributed by atoms with Crippen LogP contribution in [0.4, 0.5) is 4.79 Å². The molecule has 0 bridgehead atoms. The molecule has 1 aliphatic rings. The third-order valence-electron chi connectivity index (χ3n) is 4.41. The molecule has 5 heteroatoms. The van der Waals surface area contributed by atoms with Gasteiger partial charge in [-0.3, -0.25) is 9.69 Å². The highest BCUT2D eigenvalue weighted by Gasteiger charge is 2.46. The molecule has 0 spiro atoms. The number of unbranched alkanes of at least 4 members (excludes halogenated alkanes) is 3. The Balaban J connectivity index is 1.76. The van der Waals surface area contributed by atoms with Crippen LogP contribution < -0.4 is 10.1 Å². The van der Waals surface area contributed by atoms with Crippen molar-refractivity contribution in [2.45, 2.75) is 57.9 Å². The van der Waals surface area contributed by atoms with Gasteiger partial charge in [0.25, 0.3) is 5.91 Å². The molecule has 1 aromatic rings. The second-order valence-electron chi connectivity index (χ2n) is 6.54. The molecule has 1 fully saturated rings. The van der Waals surface area contributed by atoms with E-state index >= 15 is 0 Å². The Kier molecular flexibility index (Phi) is 6.64. The summed E-state index contributed by atoms with van der Waals surface area (Å²) in [6.45, 7) is 4.86. The molecule has 5 nitrogen and oxygen atoms in total. The molecule has 1 aliphatic heterocycles. The summed E-state index contributed by atoms with van der Waals surface area (Å²) in [6.07, 6.45) is 5.71. The van der Waals surface area contributed by atoms with E-state index in [-0.39, 0.29) is 11.9 Å². The predicted octanol–water partition coefficient (Wildman–Crippen LogP) is 3.74. The van der Waals surface area contributed by atoms with Crippen molar-refractivity contribution in [1.29, 1.82) is 0 Å². The first-order valence-electron chi connectivity index (χ1n) is 8.89. The maximum Gasteiger partial charge on any atom is 0.325 e. The summed E-state index contributed by atoms with van der Waals surface area (Å²) in [7, 11) is 0. The van der Waals surface area contributed by atoms with Crippen LogP contribution in [-0.2, 0) is 4.79 Å². The molecule has 2 rings (SSSR count). The van der Waals surface area contributed by atoms with Crippen LogP contribution in [-0.4, -0.2) is 35.5 Å². The topological polar surface area (TPSA) is 58.6 Å². The zero-order valence-corrected chi connectivity index (χ0v) is 14.7. The van der Waals surface area contributed by atoms with Gasteiger partial charge in [-0.1, -0.05) is 50.8 Å². The lowest BCUT2D eigenvalue weighted by Crippen LogP contribution is -2.43. The van der Waals surface area contributed by atoms with Crippen LogP contribution in [0, 0.1) is 0 Å². The number of ether oxygens (including phenoxy) is 1. The number of benzene rings is 1. The van der Waals surface area contributed by atoms with Crippen LogP contribution in [0.25, 0.3) is 0 Å². The number of para-hydroxylation sites is 1. The summed E-state index contributed by atoms with van der Waals surface area (Å²) < 4.78 is 5.61. The Labute approximate surface area is 144 Å². The molecule has 0 radical (unpaired) electrons. The van der Waals surface area contributed by atoms with Gasteiger partial charge in [-0.2, -0.15) is 0 Å². The van der Waals surface area contributed by atoms with Gasteiger partial charge in [-0.05, 0) is 31.9 Å². The van der Waals surface area contributed by atoms with E-state index in [4.69, 9.17) is 4.74 Å². The number of hydrogen-bond donors (Lipinski definition) is 1. The van der Waals surface area contributed by atoms with E-state index in [0.717, 1.165) is 25.0 Å². The van der Waals surface area contributed by atoms with E-state index in [9.17, 15) is 9.59 Å². The number of nitrogens with one attached hydrogen (secondary N) is 1. The van der Waals surface area contributed by atoms with Crippen LogP contribution in [0.3, 0.4) is 0 Å². The van der Waals surface area contributed by atoms with Crippen molar-refractivity contribution in [3.63, 3.8) is 0 Å². The number of carbonyl (C=O) groups excluding carboxylic acids is 2. The van der Waals surface area contributed by atoms with Gasteiger partial charge in [-0.25, -0.2) is 4.79 Å². The maximum absolute atomic E-state index is 12.6. The monoisotopic (exact) mass is 332 g/mol. The summed E-state index contributed by atoms with van der Waals surface area (Å²) in [6, 6.07) is 9.26. The molecule has 24 heavy (non-hydrogen) atoms. The van der Waals surface area contributed by atoms with Crippen molar-refractivity contribution in [2.75, 3.05) is 13.2 Å². The van der Waals surface area contributed by atoms with Crippen LogP contribution in [0.2, 0.25) is 0 Å². The summed E-state index contributed by atoms with van der Waals surface area (Å²) in [5.41, 5.74) is -0.745. The fraction of sp³-hybridized carbons (Fsp3) is 0.579. The van der Waals surface area contributed by atoms with Gasteiger partial charge in [0.05, 0.1) is 6.61 Å². The molecule has 132 valence electrons. The molecule has 0 aromatic heterocycles. The molecule has 0 saturated carbocycles. The van der Waals surface area contributed by atoms with E-state index < -0.39 is 5.54 Å². The van der Waals surface area contributed by atoms with Gasteiger partial charge in [0.15, 0.2) is 0 Å². The van der Waals surface area contributed by atoms with Gasteiger partial charge >= 0.3 is 6.03 Å². The SMILES string of the molecule is CCCCCCC1(C)NC(=O)N(CCCOc2ccccc2)C1=O. The Morgan fingerprint density at radius 2 is 1.83 bits per heavy atom. The third-order valence-corrected chi connectivity index (χ3v) is 4.41. The highest BCUT2D eigenvalue weighted by molar-refractivity contribution is 6.06. The third kappa shape index (κ3) is 4.73. The Bertz CT molecular complexity index is 547. The zero-order valence-electron chi connectivity index (χ0n) is 14.7. The minimum absolute atomic E-state index is 0.108. The van der Waals surface area contributed by atoms with Crippen molar-refractivity contribution in [3.8, 4) is 5.75 Å². The first kappa shape index (κ1) is 18.3. The van der Waals surface area contributed by atoms with Crippen molar-refractivity contribution in [2.24, 2.45) is 0 Å². The summed E-state index contributed by atoms with van der Waals surface area (Å²) >= 11 is 0. The molecule has 1 aromatic carbocycles. The number of rotatable bonds is 10. The van der Waals surface area contributed by atoms with Gasteiger partial charge in [0.2, 0.25) is 0 Å². The number of imide groups is 1. The fourth-order valence-corrected chi connectivity index (χ4v) is 2.95. The molecular formula is C19H28N2O3. The number of nitrogens with zero attached hydrogens (tertiary/aromatic N) is 1. The normalized spacial score (nSPS) is 20.3. The largest absolute Gasteiger partial charge is 0.494 e. The molecule has 1 atom stereocenters. The highest BCUT2D eigenvalue weighted by Crippen LogP contribution is 2.24. The first-order valence-corrected chi connectivity index (χ1v) is 8.89. The highest BCUT2D eigenvalue weighted by atomic mass is 16.5. The smallest absolute Gasteiger partial charge is 0.325 e. The lowest BCUT2D eigenvalue weighted by atomic mass is 9.94. The molecule has 1 heterocycles. The maximum atomic E-state index is 12.6. The summed E-state index contributed by atoms with van der Waals surface area (Å²) in [5, 5.41) is 2.86. The minimum Gasteiger partial charge on any atom is -0.494 e. The van der Waals surface area contributed by atoms with Crippen LogP contribution >= 0.6 is 0 Å². The lowest BCUT2D eigenvalue weighted by Gasteiger charge is -2.21. The molecule has 0 aliphatic carbocycles. The second kappa shape index (κ2) is 8.71. The first-order chi connectivity index (χ1) is 11.6. The van der Waals surface area contributed by atoms with Crippen LogP contribution in [0.15, 0.2) is 30.3 Å². The summed E-state index contributed by atoms with van der Waals surface area (Å²) in [4.78, 5) is 26.0. The Morgan fingerprint density at radius 1 is 1.08 bits per heavy atom. The number of amides is 3. The van der Waals surface area contributed by atoms with Gasteiger partial charge in [0.1, 0.15) is 11.3 Å². The van der Waals surface area contributed by atoms with Gasteiger partial charge < -0.3 is 10.1 Å². The van der Waals surface area contributed by atoms with Crippen molar-refractivity contribution >= 4 is 11.9 Å². The van der Waals surface area contributed by atoms with Crippen molar-refractivity contribution < 1.29 is 14.3 Å². The number of carbonyl (C=O) groups is 2. The number of hydrogen-bond acceptors (Lipinski definition) is 3. The summed E-state index contributed by atoms with van der Waals surface area (Å²) in [5.74, 6) is 0.694. The molecule has 3 amide bonds. The standard InChI is InChI=1S/C19H28N2O3/c1-3-4-5-9-13-19(2)17(22)21(18(23)20-19)14-10-15-24-16-11-7-6-8-12-16/h6-8,11-12H,3-5,9-10,13-15H2,1-2H3,(H,20,23). The van der Waals surface area contributed by atoms with Crippen LogP contribution in [0.1, 0.15) is 52.4 Å². The van der Waals surface area contributed by atoms with Gasteiger partial charge in [-0.15, -0.1) is 0 Å². The van der Waals surface area contributed by atoms with Crippen molar-refractivity contribution in [3.05, 3.63) is 30.3 Å². The van der Waals surface area contributed by atoms with E-state index in [2.05, 4.69) is 12.2 Å². The minimum atomic E-state index is -0.745. The molecule has 1 N–H and O–H groups in total. The average Bonchev–Trinajstić information content (AvgIpc) is 2.79. The molecular weight excluding hydrogens is 304 g/mol. The van der Waals surface area contributed by atoms with E-state index in [0.29, 0.717) is 26.0 Å². The Morgan fingerprint density at radius 3 is 2.54 bits per heavy atom. The Hall–Kier alpha value is -2.04. The van der Waals surface area contributed by atoms with Crippen molar-refractivity contribution in [1.82, 2.24) is 10.2 Å². The predicted molar refractivity (Wildman–Crippen MR) is 94.0 cm³/mol. The molecule has 1 saturated heterocycles. The quantitative estimate of drug-likeness (QED) is 0.524. The van der Waals surface area contributed by atoms with E-state index in [1.54, 1.807) is 0 Å². The fourth-order valence-electron chi connectivity index (χ4n) is 2.95. The van der Waals surface area contributed by atoms with E-state index in [1.165, 1.54) is 11.3 Å². The average molecular weight is 332 g/mol. The second-order valence-corrected chi connectivity index (χ2v) is 6.54. The lowest BCUT2D eigenvalue weighted by molar-refractivity contribution is -0.131. The number of urea groups is 1. The molecule has 1 unspecified atom stereocenters.